The van der Waals surface area contributed by atoms with Crippen molar-refractivity contribution in [1.29, 1.82) is 0 Å². The van der Waals surface area contributed by atoms with Crippen LogP contribution in [0.15, 0.2) is 16.9 Å². The molecular formula is C12H19NO2. The highest BCUT2D eigenvalue weighted by Gasteiger charge is 2.02. The molecule has 0 spiro atoms. The smallest absolute Gasteiger partial charge is 0.253 e. The fraction of sp³-hybridized carbons (Fsp3) is 0.583. The Morgan fingerprint density at radius 1 is 1.27 bits per heavy atom. The predicted molar refractivity (Wildman–Crippen MR) is 61.2 cm³/mol. The lowest BCUT2D eigenvalue weighted by atomic mass is 10.2. The van der Waals surface area contributed by atoms with Crippen LogP contribution in [0.25, 0.3) is 0 Å². The van der Waals surface area contributed by atoms with Gasteiger partial charge in [0.25, 0.3) is 5.56 Å². The van der Waals surface area contributed by atoms with E-state index in [4.69, 9.17) is 0 Å². The van der Waals surface area contributed by atoms with Crippen LogP contribution in [0, 0.1) is 6.92 Å². The van der Waals surface area contributed by atoms with Gasteiger partial charge >= 0.3 is 0 Å². The Morgan fingerprint density at radius 2 is 2.00 bits per heavy atom. The minimum absolute atomic E-state index is 0.0801. The van der Waals surface area contributed by atoms with Gasteiger partial charge in [-0.1, -0.05) is 26.2 Å². The van der Waals surface area contributed by atoms with Gasteiger partial charge in [0.15, 0.2) is 5.88 Å². The molecular weight excluding hydrogens is 190 g/mol. The first-order valence-electron chi connectivity index (χ1n) is 5.55. The Bertz CT molecular complexity index is 368. The topological polar surface area (TPSA) is 42.2 Å². The summed E-state index contributed by atoms with van der Waals surface area (Å²) in [5.74, 6) is 0.0801. The molecule has 0 aliphatic carbocycles. The van der Waals surface area contributed by atoms with Crippen LogP contribution in [0.5, 0.6) is 5.88 Å². The Morgan fingerprint density at radius 3 is 2.60 bits per heavy atom. The molecule has 0 fully saturated rings. The molecule has 1 aromatic heterocycles. The average Bonchev–Trinajstić information content (AvgIpc) is 2.15. The molecule has 0 saturated heterocycles. The molecule has 1 rings (SSSR count). The van der Waals surface area contributed by atoms with Crippen LogP contribution in [0.1, 0.15) is 38.2 Å². The molecule has 0 atom stereocenters. The molecule has 0 amide bonds. The van der Waals surface area contributed by atoms with Crippen molar-refractivity contribution in [3.63, 3.8) is 0 Å². The van der Waals surface area contributed by atoms with Gasteiger partial charge in [0.05, 0.1) is 0 Å². The molecule has 0 unspecified atom stereocenters. The molecule has 0 bridgehead atoms. The summed E-state index contributed by atoms with van der Waals surface area (Å²) in [5.41, 5.74) is 0.700. The van der Waals surface area contributed by atoms with Gasteiger partial charge in [0.2, 0.25) is 0 Å². The van der Waals surface area contributed by atoms with Gasteiger partial charge in [-0.2, -0.15) is 0 Å². The summed E-state index contributed by atoms with van der Waals surface area (Å²) in [4.78, 5) is 11.5. The van der Waals surface area contributed by atoms with Crippen molar-refractivity contribution in [2.24, 2.45) is 0 Å². The summed E-state index contributed by atoms with van der Waals surface area (Å²) in [6.07, 6.45) is 4.41. The molecule has 0 saturated carbocycles. The third-order valence-corrected chi connectivity index (χ3v) is 2.49. The van der Waals surface area contributed by atoms with E-state index in [1.165, 1.54) is 17.4 Å². The third kappa shape index (κ3) is 3.42. The lowest BCUT2D eigenvalue weighted by Crippen LogP contribution is -2.19. The van der Waals surface area contributed by atoms with E-state index >= 15 is 0 Å². The molecule has 84 valence electrons. The number of hydrogen-bond acceptors (Lipinski definition) is 2. The lowest BCUT2D eigenvalue weighted by molar-refractivity contribution is 0.398. The van der Waals surface area contributed by atoms with Crippen LogP contribution >= 0.6 is 0 Å². The fourth-order valence-corrected chi connectivity index (χ4v) is 1.63. The zero-order valence-corrected chi connectivity index (χ0v) is 9.49. The first kappa shape index (κ1) is 11.8. The van der Waals surface area contributed by atoms with Crippen molar-refractivity contribution in [3.8, 4) is 5.88 Å². The van der Waals surface area contributed by atoms with Crippen molar-refractivity contribution in [2.75, 3.05) is 0 Å². The van der Waals surface area contributed by atoms with E-state index in [1.807, 2.05) is 6.92 Å². The van der Waals surface area contributed by atoms with Crippen LogP contribution in [0.2, 0.25) is 0 Å². The first-order valence-corrected chi connectivity index (χ1v) is 5.55. The molecule has 15 heavy (non-hydrogen) atoms. The second-order valence-corrected chi connectivity index (χ2v) is 3.94. The Balaban J connectivity index is 2.65. The maximum Gasteiger partial charge on any atom is 0.253 e. The zero-order chi connectivity index (χ0) is 11.3. The summed E-state index contributed by atoms with van der Waals surface area (Å²) >= 11 is 0. The van der Waals surface area contributed by atoms with E-state index in [2.05, 4.69) is 6.92 Å². The normalized spacial score (nSPS) is 10.5. The van der Waals surface area contributed by atoms with Crippen molar-refractivity contribution < 1.29 is 5.11 Å². The summed E-state index contributed by atoms with van der Waals surface area (Å²) in [6.45, 7) is 4.57. The van der Waals surface area contributed by atoms with Crippen LogP contribution in [-0.4, -0.2) is 9.67 Å². The highest BCUT2D eigenvalue weighted by Crippen LogP contribution is 2.10. The van der Waals surface area contributed by atoms with Crippen molar-refractivity contribution >= 4 is 0 Å². The number of aromatic nitrogens is 1. The van der Waals surface area contributed by atoms with Gasteiger partial charge < -0.3 is 5.11 Å². The highest BCUT2D eigenvalue weighted by molar-refractivity contribution is 5.19. The summed E-state index contributed by atoms with van der Waals surface area (Å²) < 4.78 is 1.43. The van der Waals surface area contributed by atoms with Crippen LogP contribution in [0.3, 0.4) is 0 Å². The van der Waals surface area contributed by atoms with Crippen LogP contribution in [-0.2, 0) is 6.54 Å². The number of rotatable bonds is 5. The Hall–Kier alpha value is -1.25. The number of nitrogens with zero attached hydrogens (tertiary/aromatic N) is 1. The minimum atomic E-state index is -0.107. The zero-order valence-electron chi connectivity index (χ0n) is 9.49. The van der Waals surface area contributed by atoms with E-state index in [0.717, 1.165) is 18.4 Å². The molecule has 0 radical (unpaired) electrons. The first-order chi connectivity index (χ1) is 7.15. The van der Waals surface area contributed by atoms with Gasteiger partial charge in [-0.3, -0.25) is 9.36 Å². The predicted octanol–water partition coefficient (Wildman–Crippen LogP) is 2.44. The number of unbranched alkanes of at least 4 members (excludes halogenated alkanes) is 3. The van der Waals surface area contributed by atoms with Crippen LogP contribution < -0.4 is 5.56 Å². The summed E-state index contributed by atoms with van der Waals surface area (Å²) in [5, 5.41) is 9.59. The maximum atomic E-state index is 11.5. The van der Waals surface area contributed by atoms with Gasteiger partial charge in [-0.15, -0.1) is 0 Å². The molecule has 0 aliphatic rings. The monoisotopic (exact) mass is 209 g/mol. The van der Waals surface area contributed by atoms with E-state index in [-0.39, 0.29) is 11.4 Å². The lowest BCUT2D eigenvalue weighted by Gasteiger charge is -2.08. The van der Waals surface area contributed by atoms with Crippen molar-refractivity contribution in [1.82, 2.24) is 4.57 Å². The van der Waals surface area contributed by atoms with Crippen molar-refractivity contribution in [3.05, 3.63) is 28.0 Å². The van der Waals surface area contributed by atoms with Gasteiger partial charge in [-0.25, -0.2) is 0 Å². The molecule has 0 aromatic carbocycles. The largest absolute Gasteiger partial charge is 0.494 e. The fourth-order valence-electron chi connectivity index (χ4n) is 1.63. The maximum absolute atomic E-state index is 11.5. The third-order valence-electron chi connectivity index (χ3n) is 2.49. The number of hydrogen-bond donors (Lipinski definition) is 1. The standard InChI is InChI=1S/C12H19NO2/c1-3-4-5-6-7-13-11(14)8-10(2)9-12(13)15/h8-9,14H,3-7H2,1-2H3. The average molecular weight is 209 g/mol. The van der Waals surface area contributed by atoms with E-state index in [1.54, 1.807) is 12.1 Å². The second kappa shape index (κ2) is 5.59. The number of pyridine rings is 1. The van der Waals surface area contributed by atoms with Gasteiger partial charge in [0.1, 0.15) is 0 Å². The highest BCUT2D eigenvalue weighted by atomic mass is 16.3. The number of aryl methyl sites for hydroxylation is 1. The van der Waals surface area contributed by atoms with E-state index in [0.29, 0.717) is 6.54 Å². The minimum Gasteiger partial charge on any atom is -0.494 e. The summed E-state index contributed by atoms with van der Waals surface area (Å²) in [6, 6.07) is 3.18. The van der Waals surface area contributed by atoms with E-state index in [9.17, 15) is 9.90 Å². The SMILES string of the molecule is CCCCCCn1c(O)cc(C)cc1=O. The van der Waals surface area contributed by atoms with Gasteiger partial charge in [0, 0.05) is 18.7 Å². The molecule has 1 aromatic rings. The van der Waals surface area contributed by atoms with Crippen molar-refractivity contribution in [2.45, 2.75) is 46.1 Å². The molecule has 0 aliphatic heterocycles. The molecule has 3 heteroatoms. The second-order valence-electron chi connectivity index (χ2n) is 3.94. The van der Waals surface area contributed by atoms with Crippen LogP contribution in [0.4, 0.5) is 0 Å². The summed E-state index contributed by atoms with van der Waals surface area (Å²) in [7, 11) is 0. The Kier molecular flexibility index (Phi) is 4.40. The molecule has 1 N–H and O–H groups in total. The Labute approximate surface area is 90.4 Å². The number of aromatic hydroxyl groups is 1. The van der Waals surface area contributed by atoms with E-state index < -0.39 is 0 Å². The van der Waals surface area contributed by atoms with Gasteiger partial charge in [-0.05, 0) is 18.9 Å². The quantitative estimate of drug-likeness (QED) is 0.757. The molecule has 1 heterocycles. The molecule has 3 nitrogen and oxygen atoms in total.